The van der Waals surface area contributed by atoms with Gasteiger partial charge in [-0.3, -0.25) is 0 Å². The fraction of sp³-hybridized carbons (Fsp3) is 0.500. The fourth-order valence-electron chi connectivity index (χ4n) is 2.54. The second-order valence-electron chi connectivity index (χ2n) is 6.47. The quantitative estimate of drug-likeness (QED) is 0.928. The Hall–Kier alpha value is -1.68. The van der Waals surface area contributed by atoms with E-state index in [-0.39, 0.29) is 5.41 Å². The van der Waals surface area contributed by atoms with Crippen LogP contribution in [0, 0.1) is 5.92 Å². The van der Waals surface area contributed by atoms with Crippen LogP contribution in [0.2, 0.25) is 0 Å². The van der Waals surface area contributed by atoms with E-state index in [1.807, 2.05) is 25.1 Å². The third-order valence-corrected chi connectivity index (χ3v) is 4.37. The Bertz CT molecular complexity index is 597. The van der Waals surface area contributed by atoms with Crippen molar-refractivity contribution < 1.29 is 4.52 Å². The zero-order chi connectivity index (χ0) is 14.4. The summed E-state index contributed by atoms with van der Waals surface area (Å²) in [5, 5.41) is 4.17. The van der Waals surface area contributed by atoms with Gasteiger partial charge in [-0.05, 0) is 45.1 Å². The highest BCUT2D eigenvalue weighted by Gasteiger charge is 2.44. The van der Waals surface area contributed by atoms with Crippen molar-refractivity contribution in [3.8, 4) is 0 Å². The summed E-state index contributed by atoms with van der Waals surface area (Å²) in [5.74, 6) is 1.71. The van der Waals surface area contributed by atoms with Crippen LogP contribution in [0.25, 0.3) is 0 Å². The molecule has 4 nitrogen and oxygen atoms in total. The monoisotopic (exact) mass is 271 g/mol. The number of rotatable bonds is 4. The Labute approximate surface area is 119 Å². The Kier molecular flexibility index (Phi) is 2.94. The van der Waals surface area contributed by atoms with Crippen molar-refractivity contribution in [3.05, 3.63) is 47.6 Å². The molecule has 2 N–H and O–H groups in total. The largest absolute Gasteiger partial charge is 0.337 e. The molecule has 0 amide bonds. The average Bonchev–Trinajstić information content (AvgIpc) is 3.17. The molecule has 1 aromatic heterocycles. The van der Waals surface area contributed by atoms with Gasteiger partial charge in [0, 0.05) is 0 Å². The molecule has 0 aliphatic heterocycles. The summed E-state index contributed by atoms with van der Waals surface area (Å²) in [6, 6.07) is 10.2. The Balaban J connectivity index is 1.93. The van der Waals surface area contributed by atoms with Crippen LogP contribution in [0.3, 0.4) is 0 Å². The first kappa shape index (κ1) is 13.3. The molecular formula is C16H21N3O. The van der Waals surface area contributed by atoms with Crippen LogP contribution in [0.1, 0.15) is 50.9 Å². The minimum atomic E-state index is -0.502. The molecule has 0 saturated heterocycles. The molecule has 2 aromatic rings. The molecule has 1 aliphatic carbocycles. The van der Waals surface area contributed by atoms with Gasteiger partial charge in [-0.1, -0.05) is 35.5 Å². The fourth-order valence-corrected chi connectivity index (χ4v) is 2.54. The lowest BCUT2D eigenvalue weighted by molar-refractivity contribution is 0.271. The summed E-state index contributed by atoms with van der Waals surface area (Å²) >= 11 is 0. The second-order valence-corrected chi connectivity index (χ2v) is 6.47. The van der Waals surface area contributed by atoms with Gasteiger partial charge in [-0.15, -0.1) is 0 Å². The van der Waals surface area contributed by atoms with E-state index < -0.39 is 5.54 Å². The Morgan fingerprint density at radius 1 is 1.15 bits per heavy atom. The van der Waals surface area contributed by atoms with E-state index in [0.717, 1.165) is 18.4 Å². The van der Waals surface area contributed by atoms with Gasteiger partial charge >= 0.3 is 0 Å². The summed E-state index contributed by atoms with van der Waals surface area (Å²) in [4.78, 5) is 4.59. The molecular weight excluding hydrogens is 250 g/mol. The van der Waals surface area contributed by atoms with E-state index in [9.17, 15) is 0 Å². The number of aromatic nitrogens is 2. The topological polar surface area (TPSA) is 64.9 Å². The summed E-state index contributed by atoms with van der Waals surface area (Å²) in [7, 11) is 0. The van der Waals surface area contributed by atoms with Gasteiger partial charge in [-0.25, -0.2) is 0 Å². The zero-order valence-electron chi connectivity index (χ0n) is 12.3. The van der Waals surface area contributed by atoms with E-state index in [1.165, 1.54) is 0 Å². The summed E-state index contributed by atoms with van der Waals surface area (Å²) in [6.45, 7) is 6.18. The lowest BCUT2D eigenvalue weighted by Gasteiger charge is -2.21. The van der Waals surface area contributed by atoms with Crippen molar-refractivity contribution in [2.45, 2.75) is 44.6 Å². The predicted molar refractivity (Wildman–Crippen MR) is 77.1 cm³/mol. The second kappa shape index (κ2) is 4.42. The number of hydrogen-bond donors (Lipinski definition) is 1. The first-order chi connectivity index (χ1) is 9.42. The van der Waals surface area contributed by atoms with Crippen molar-refractivity contribution >= 4 is 0 Å². The normalized spacial score (nSPS) is 18.8. The Morgan fingerprint density at radius 2 is 1.80 bits per heavy atom. The van der Waals surface area contributed by atoms with Gasteiger partial charge in [0.05, 0.1) is 11.0 Å². The van der Waals surface area contributed by atoms with E-state index in [0.29, 0.717) is 17.6 Å². The van der Waals surface area contributed by atoms with E-state index in [2.05, 4.69) is 36.1 Å². The first-order valence-corrected chi connectivity index (χ1v) is 7.11. The maximum absolute atomic E-state index is 6.34. The smallest absolute Gasteiger partial charge is 0.246 e. The molecule has 0 bridgehead atoms. The molecule has 1 fully saturated rings. The van der Waals surface area contributed by atoms with Crippen LogP contribution in [0.5, 0.6) is 0 Å². The first-order valence-electron chi connectivity index (χ1n) is 7.11. The molecule has 1 aliphatic rings. The van der Waals surface area contributed by atoms with Crippen molar-refractivity contribution in [1.82, 2.24) is 10.1 Å². The molecule has 1 saturated carbocycles. The minimum absolute atomic E-state index is 0.289. The lowest BCUT2D eigenvalue weighted by atomic mass is 9.84. The molecule has 106 valence electrons. The number of nitrogens with two attached hydrogens (primary N) is 1. The van der Waals surface area contributed by atoms with Gasteiger partial charge in [-0.2, -0.15) is 4.98 Å². The summed E-state index contributed by atoms with van der Waals surface area (Å²) in [6.07, 6.45) is 2.29. The molecule has 1 unspecified atom stereocenters. The number of hydrogen-bond acceptors (Lipinski definition) is 4. The number of nitrogens with zero attached hydrogens (tertiary/aromatic N) is 2. The summed E-state index contributed by atoms with van der Waals surface area (Å²) in [5.41, 5.74) is 6.72. The summed E-state index contributed by atoms with van der Waals surface area (Å²) < 4.78 is 5.45. The SMILES string of the molecule is CC(C)(c1ccccc1)c1noc(C(C)(N)C2CC2)n1. The zero-order valence-corrected chi connectivity index (χ0v) is 12.3. The third kappa shape index (κ3) is 2.14. The van der Waals surface area contributed by atoms with Gasteiger partial charge < -0.3 is 10.3 Å². The third-order valence-electron chi connectivity index (χ3n) is 4.37. The molecule has 1 atom stereocenters. The van der Waals surface area contributed by atoms with Gasteiger partial charge in [0.25, 0.3) is 0 Å². The maximum atomic E-state index is 6.34. The molecule has 4 heteroatoms. The molecule has 0 spiro atoms. The van der Waals surface area contributed by atoms with Crippen molar-refractivity contribution in [3.63, 3.8) is 0 Å². The van der Waals surface area contributed by atoms with Crippen LogP contribution in [-0.4, -0.2) is 10.1 Å². The van der Waals surface area contributed by atoms with Gasteiger partial charge in [0.2, 0.25) is 5.89 Å². The molecule has 0 radical (unpaired) electrons. The van der Waals surface area contributed by atoms with Gasteiger partial charge in [0.15, 0.2) is 5.82 Å². The van der Waals surface area contributed by atoms with Crippen LogP contribution < -0.4 is 5.73 Å². The molecule has 3 rings (SSSR count). The van der Waals surface area contributed by atoms with Crippen molar-refractivity contribution in [2.75, 3.05) is 0 Å². The minimum Gasteiger partial charge on any atom is -0.337 e. The van der Waals surface area contributed by atoms with E-state index in [4.69, 9.17) is 10.3 Å². The number of benzene rings is 1. The van der Waals surface area contributed by atoms with Crippen LogP contribution in [0.15, 0.2) is 34.9 Å². The molecule has 1 aromatic carbocycles. The molecule has 20 heavy (non-hydrogen) atoms. The van der Waals surface area contributed by atoms with Crippen LogP contribution in [0.4, 0.5) is 0 Å². The van der Waals surface area contributed by atoms with E-state index >= 15 is 0 Å². The molecule has 1 heterocycles. The average molecular weight is 271 g/mol. The Morgan fingerprint density at radius 3 is 2.40 bits per heavy atom. The van der Waals surface area contributed by atoms with E-state index in [1.54, 1.807) is 0 Å². The van der Waals surface area contributed by atoms with Crippen molar-refractivity contribution in [2.24, 2.45) is 11.7 Å². The maximum Gasteiger partial charge on any atom is 0.246 e. The van der Waals surface area contributed by atoms with Gasteiger partial charge in [0.1, 0.15) is 0 Å². The highest BCUT2D eigenvalue weighted by molar-refractivity contribution is 5.30. The van der Waals surface area contributed by atoms with Crippen LogP contribution in [-0.2, 0) is 11.0 Å². The standard InChI is InChI=1S/C16H21N3O/c1-15(2,11-7-5-4-6-8-11)13-18-14(20-19-13)16(3,17)12-9-10-12/h4-8,12H,9-10,17H2,1-3H3. The highest BCUT2D eigenvalue weighted by Crippen LogP contribution is 2.43. The predicted octanol–water partition coefficient (Wildman–Crippen LogP) is 2.98. The lowest BCUT2D eigenvalue weighted by Crippen LogP contribution is -2.36. The van der Waals surface area contributed by atoms with Crippen LogP contribution >= 0.6 is 0 Å². The van der Waals surface area contributed by atoms with Crippen molar-refractivity contribution in [1.29, 1.82) is 0 Å². The highest BCUT2D eigenvalue weighted by atomic mass is 16.5.